The molecule has 0 radical (unpaired) electrons. The molecule has 2 heteroatoms. The quantitative estimate of drug-likeness (QED) is 0.733. The molecule has 1 nitrogen and oxygen atoms in total. The number of pyridine rings is 1. The summed E-state index contributed by atoms with van der Waals surface area (Å²) in [5.74, 6) is 0. The Morgan fingerprint density at radius 3 is 2.56 bits per heavy atom. The lowest BCUT2D eigenvalue weighted by Crippen LogP contribution is -1.75. The van der Waals surface area contributed by atoms with Crippen molar-refractivity contribution in [3.05, 3.63) is 52.0 Å². The SMILES string of the molecule is CC.Cc1cc(/C=C/c2ccccn2)cs1. The molecule has 0 aliphatic heterocycles. The first-order chi connectivity index (χ1) is 7.84. The molecule has 0 fully saturated rings. The van der Waals surface area contributed by atoms with E-state index in [4.69, 9.17) is 0 Å². The number of aromatic nitrogens is 1. The monoisotopic (exact) mass is 231 g/mol. The molecule has 16 heavy (non-hydrogen) atoms. The van der Waals surface area contributed by atoms with Gasteiger partial charge in [0.25, 0.3) is 0 Å². The van der Waals surface area contributed by atoms with Gasteiger partial charge in [-0.15, -0.1) is 11.3 Å². The van der Waals surface area contributed by atoms with E-state index >= 15 is 0 Å². The van der Waals surface area contributed by atoms with Gasteiger partial charge >= 0.3 is 0 Å². The van der Waals surface area contributed by atoms with Gasteiger partial charge < -0.3 is 0 Å². The van der Waals surface area contributed by atoms with Crippen molar-refractivity contribution < 1.29 is 0 Å². The minimum atomic E-state index is 0.997. The Morgan fingerprint density at radius 2 is 2.00 bits per heavy atom. The molecule has 0 aliphatic carbocycles. The van der Waals surface area contributed by atoms with Crippen LogP contribution in [0.2, 0.25) is 0 Å². The van der Waals surface area contributed by atoms with Crippen LogP contribution in [0.1, 0.15) is 30.0 Å². The fourth-order valence-electron chi connectivity index (χ4n) is 1.21. The molecule has 2 rings (SSSR count). The largest absolute Gasteiger partial charge is 0.257 e. The van der Waals surface area contributed by atoms with Crippen molar-refractivity contribution in [2.45, 2.75) is 20.8 Å². The third-order valence-corrected chi connectivity index (χ3v) is 2.76. The molecule has 2 aromatic rings. The van der Waals surface area contributed by atoms with Crippen molar-refractivity contribution in [1.82, 2.24) is 4.98 Å². The van der Waals surface area contributed by atoms with Gasteiger partial charge in [0.15, 0.2) is 0 Å². The Labute approximate surface area is 101 Å². The van der Waals surface area contributed by atoms with E-state index in [1.54, 1.807) is 17.5 Å². The average Bonchev–Trinajstić information content (AvgIpc) is 2.77. The Kier molecular flexibility index (Phi) is 5.51. The lowest BCUT2D eigenvalue weighted by Gasteiger charge is -1.89. The van der Waals surface area contributed by atoms with Crippen LogP contribution >= 0.6 is 11.3 Å². The molecule has 0 aromatic carbocycles. The van der Waals surface area contributed by atoms with Gasteiger partial charge in [0.05, 0.1) is 5.69 Å². The Morgan fingerprint density at radius 1 is 1.19 bits per heavy atom. The molecule has 0 saturated heterocycles. The summed E-state index contributed by atoms with van der Waals surface area (Å²) in [4.78, 5) is 5.56. The molecule has 0 N–H and O–H groups in total. The second-order valence-electron chi connectivity index (χ2n) is 3.08. The zero-order chi connectivity index (χ0) is 11.8. The van der Waals surface area contributed by atoms with Crippen LogP contribution in [0.4, 0.5) is 0 Å². The number of thiophene rings is 1. The van der Waals surface area contributed by atoms with Crippen molar-refractivity contribution in [1.29, 1.82) is 0 Å². The van der Waals surface area contributed by atoms with Gasteiger partial charge in [-0.2, -0.15) is 0 Å². The molecular formula is C14H17NS. The van der Waals surface area contributed by atoms with Crippen LogP contribution in [0.3, 0.4) is 0 Å². The van der Waals surface area contributed by atoms with Crippen molar-refractivity contribution in [2.24, 2.45) is 0 Å². The van der Waals surface area contributed by atoms with Crippen LogP contribution < -0.4 is 0 Å². The molecule has 0 aliphatic rings. The predicted molar refractivity (Wildman–Crippen MR) is 73.6 cm³/mol. The Bertz CT molecular complexity index is 429. The lowest BCUT2D eigenvalue weighted by molar-refractivity contribution is 1.30. The van der Waals surface area contributed by atoms with E-state index in [1.807, 2.05) is 38.1 Å². The van der Waals surface area contributed by atoms with Crippen LogP contribution in [0.15, 0.2) is 35.8 Å². The first-order valence-corrected chi connectivity index (χ1v) is 6.37. The van der Waals surface area contributed by atoms with Crippen LogP contribution in [0, 0.1) is 6.92 Å². The molecule has 2 aromatic heterocycles. The van der Waals surface area contributed by atoms with Crippen molar-refractivity contribution >= 4 is 23.5 Å². The summed E-state index contributed by atoms with van der Waals surface area (Å²) in [6.45, 7) is 6.11. The fraction of sp³-hybridized carbons (Fsp3) is 0.214. The molecule has 84 valence electrons. The third-order valence-electron chi connectivity index (χ3n) is 1.89. The fourth-order valence-corrected chi connectivity index (χ4v) is 1.88. The van der Waals surface area contributed by atoms with Crippen molar-refractivity contribution in [3.63, 3.8) is 0 Å². The van der Waals surface area contributed by atoms with E-state index in [9.17, 15) is 0 Å². The molecular weight excluding hydrogens is 214 g/mol. The molecule has 0 spiro atoms. The number of nitrogens with zero attached hydrogens (tertiary/aromatic N) is 1. The summed E-state index contributed by atoms with van der Waals surface area (Å²) in [7, 11) is 0. The first kappa shape index (κ1) is 12.7. The van der Waals surface area contributed by atoms with Crippen LogP contribution in [0.25, 0.3) is 12.2 Å². The van der Waals surface area contributed by atoms with Crippen molar-refractivity contribution in [2.75, 3.05) is 0 Å². The second-order valence-corrected chi connectivity index (χ2v) is 4.19. The minimum Gasteiger partial charge on any atom is -0.257 e. The van der Waals surface area contributed by atoms with Crippen LogP contribution in [-0.2, 0) is 0 Å². The van der Waals surface area contributed by atoms with E-state index in [1.165, 1.54) is 10.4 Å². The number of hydrogen-bond donors (Lipinski definition) is 0. The molecule has 0 saturated carbocycles. The highest BCUT2D eigenvalue weighted by molar-refractivity contribution is 7.10. The number of rotatable bonds is 2. The highest BCUT2D eigenvalue weighted by Gasteiger charge is 1.90. The molecule has 0 atom stereocenters. The van der Waals surface area contributed by atoms with Gasteiger partial charge in [-0.05, 0) is 42.1 Å². The molecule has 0 amide bonds. The van der Waals surface area contributed by atoms with E-state index < -0.39 is 0 Å². The Hall–Kier alpha value is -1.41. The summed E-state index contributed by atoms with van der Waals surface area (Å²) in [5, 5.41) is 2.15. The number of aryl methyl sites for hydroxylation is 1. The maximum Gasteiger partial charge on any atom is 0.0629 e. The zero-order valence-corrected chi connectivity index (χ0v) is 10.8. The minimum absolute atomic E-state index is 0.997. The third kappa shape index (κ3) is 3.99. The summed E-state index contributed by atoms with van der Waals surface area (Å²) < 4.78 is 0. The van der Waals surface area contributed by atoms with E-state index in [0.717, 1.165) is 5.69 Å². The maximum absolute atomic E-state index is 4.22. The van der Waals surface area contributed by atoms with Gasteiger partial charge in [-0.1, -0.05) is 26.0 Å². The summed E-state index contributed by atoms with van der Waals surface area (Å²) in [5.41, 5.74) is 2.24. The number of hydrogen-bond acceptors (Lipinski definition) is 2. The Balaban J connectivity index is 0.000000606. The first-order valence-electron chi connectivity index (χ1n) is 5.49. The van der Waals surface area contributed by atoms with Crippen molar-refractivity contribution in [3.8, 4) is 0 Å². The van der Waals surface area contributed by atoms with Gasteiger partial charge in [0, 0.05) is 11.1 Å². The summed E-state index contributed by atoms with van der Waals surface area (Å²) >= 11 is 1.77. The highest BCUT2D eigenvalue weighted by Crippen LogP contribution is 2.15. The summed E-state index contributed by atoms with van der Waals surface area (Å²) in [6.07, 6.45) is 5.92. The average molecular weight is 231 g/mol. The van der Waals surface area contributed by atoms with Gasteiger partial charge in [0.2, 0.25) is 0 Å². The lowest BCUT2D eigenvalue weighted by atomic mass is 10.2. The zero-order valence-electron chi connectivity index (χ0n) is 9.97. The van der Waals surface area contributed by atoms with Gasteiger partial charge in [0.1, 0.15) is 0 Å². The summed E-state index contributed by atoms with van der Waals surface area (Å²) in [6, 6.07) is 8.08. The van der Waals surface area contributed by atoms with Crippen LogP contribution in [-0.4, -0.2) is 4.98 Å². The smallest absolute Gasteiger partial charge is 0.0629 e. The molecule has 0 bridgehead atoms. The van der Waals surface area contributed by atoms with E-state index in [0.29, 0.717) is 0 Å². The predicted octanol–water partition coefficient (Wildman–Crippen LogP) is 4.65. The molecule has 2 heterocycles. The standard InChI is InChI=1S/C12H11NS.C2H6/c1-10-8-11(9-14-10)5-6-12-4-2-3-7-13-12;1-2/h2-9H,1H3;1-2H3/b6-5+;. The van der Waals surface area contributed by atoms with E-state index in [2.05, 4.69) is 29.4 Å². The molecule has 0 unspecified atom stereocenters. The van der Waals surface area contributed by atoms with Gasteiger partial charge in [-0.25, -0.2) is 0 Å². The van der Waals surface area contributed by atoms with Crippen LogP contribution in [0.5, 0.6) is 0 Å². The normalized spacial score (nSPS) is 9.94. The highest BCUT2D eigenvalue weighted by atomic mass is 32.1. The maximum atomic E-state index is 4.22. The van der Waals surface area contributed by atoms with Gasteiger partial charge in [-0.3, -0.25) is 4.98 Å². The van der Waals surface area contributed by atoms with E-state index in [-0.39, 0.29) is 0 Å². The second kappa shape index (κ2) is 6.96. The topological polar surface area (TPSA) is 12.9 Å².